The molecule has 1 heterocycles. The summed E-state index contributed by atoms with van der Waals surface area (Å²) in [5.41, 5.74) is 0. The monoisotopic (exact) mass is 305 g/mol. The molecule has 1 rings (SSSR count). The van der Waals surface area contributed by atoms with Gasteiger partial charge in [-0.15, -0.1) is 0 Å². The van der Waals surface area contributed by atoms with Gasteiger partial charge in [-0.05, 0) is 41.9 Å². The molecule has 0 spiro atoms. The van der Waals surface area contributed by atoms with E-state index in [-0.39, 0.29) is 0 Å². The third kappa shape index (κ3) is 4.21. The average molecular weight is 305 g/mol. The molecule has 0 saturated heterocycles. The van der Waals surface area contributed by atoms with Gasteiger partial charge in [-0.2, -0.15) is 0 Å². The molecule has 4 heteroatoms. The number of hydrogen-bond acceptors (Lipinski definition) is 3. The van der Waals surface area contributed by atoms with Crippen LogP contribution in [0.1, 0.15) is 27.2 Å². The van der Waals surface area contributed by atoms with E-state index in [1.54, 1.807) is 0 Å². The van der Waals surface area contributed by atoms with Crippen molar-refractivity contribution in [1.82, 2.24) is 9.97 Å². The predicted octanol–water partition coefficient (Wildman–Crippen LogP) is 2.93. The Labute approximate surface area is 98.9 Å². The molecule has 0 aliphatic carbocycles. The third-order valence-corrected chi connectivity index (χ3v) is 2.38. The van der Waals surface area contributed by atoms with Gasteiger partial charge in [0.05, 0.1) is 0 Å². The predicted molar refractivity (Wildman–Crippen MR) is 67.3 cm³/mol. The van der Waals surface area contributed by atoms with Crippen LogP contribution in [-0.4, -0.2) is 16.0 Å². The number of nitrogens with zero attached hydrogens (tertiary/aromatic N) is 2. The molecule has 0 aromatic carbocycles. The van der Waals surface area contributed by atoms with Crippen molar-refractivity contribution in [3.8, 4) is 0 Å². The second-order valence-corrected chi connectivity index (χ2v) is 5.15. The summed E-state index contributed by atoms with van der Waals surface area (Å²) in [7, 11) is 0. The Morgan fingerprint density at radius 2 is 1.86 bits per heavy atom. The Hall–Kier alpha value is -0.390. The van der Waals surface area contributed by atoms with Crippen LogP contribution in [0.5, 0.6) is 0 Å². The van der Waals surface area contributed by atoms with Crippen molar-refractivity contribution in [3.63, 3.8) is 0 Å². The van der Waals surface area contributed by atoms with Gasteiger partial charge in [-0.3, -0.25) is 0 Å². The largest absolute Gasteiger partial charge is 0.352 e. The van der Waals surface area contributed by atoms with Crippen LogP contribution in [0.4, 0.5) is 5.95 Å². The normalized spacial score (nSPS) is 12.9. The van der Waals surface area contributed by atoms with E-state index < -0.39 is 0 Å². The van der Waals surface area contributed by atoms with Crippen molar-refractivity contribution >= 4 is 28.5 Å². The first-order valence-electron chi connectivity index (χ1n) is 4.82. The molecule has 0 aliphatic rings. The fourth-order valence-electron chi connectivity index (χ4n) is 1.37. The van der Waals surface area contributed by atoms with Crippen molar-refractivity contribution in [2.45, 2.75) is 33.2 Å². The van der Waals surface area contributed by atoms with E-state index in [2.05, 4.69) is 58.6 Å². The molecule has 1 unspecified atom stereocenters. The van der Waals surface area contributed by atoms with Crippen molar-refractivity contribution in [1.29, 1.82) is 0 Å². The number of nitrogens with one attached hydrogen (secondary N) is 1. The summed E-state index contributed by atoms with van der Waals surface area (Å²) in [5, 5.41) is 3.27. The Bertz CT molecular complexity index is 271. The second-order valence-electron chi connectivity index (χ2n) is 3.90. The first-order chi connectivity index (χ1) is 6.58. The highest BCUT2D eigenvalue weighted by molar-refractivity contribution is 14.1. The van der Waals surface area contributed by atoms with E-state index in [9.17, 15) is 0 Å². The van der Waals surface area contributed by atoms with Crippen molar-refractivity contribution in [2.75, 3.05) is 5.32 Å². The highest BCUT2D eigenvalue weighted by Crippen LogP contribution is 2.09. The zero-order chi connectivity index (χ0) is 10.6. The number of halogens is 1. The second kappa shape index (κ2) is 5.48. The fourth-order valence-corrected chi connectivity index (χ4v) is 1.65. The number of anilines is 1. The SMILES string of the molecule is CC(C)CC(C)Nc1ncc(I)cn1. The Kier molecular flexibility index (Phi) is 4.57. The molecule has 14 heavy (non-hydrogen) atoms. The van der Waals surface area contributed by atoms with Crippen molar-refractivity contribution < 1.29 is 0 Å². The van der Waals surface area contributed by atoms with Gasteiger partial charge < -0.3 is 5.32 Å². The lowest BCUT2D eigenvalue weighted by atomic mass is 10.1. The maximum Gasteiger partial charge on any atom is 0.222 e. The van der Waals surface area contributed by atoms with E-state index in [0.29, 0.717) is 12.0 Å². The summed E-state index contributed by atoms with van der Waals surface area (Å²) in [6.45, 7) is 6.58. The van der Waals surface area contributed by atoms with Gasteiger partial charge in [0.1, 0.15) is 0 Å². The minimum absolute atomic E-state index is 0.426. The molecule has 3 nitrogen and oxygen atoms in total. The lowest BCUT2D eigenvalue weighted by Crippen LogP contribution is -2.18. The number of rotatable bonds is 4. The highest BCUT2D eigenvalue weighted by atomic mass is 127. The number of aromatic nitrogens is 2. The molecule has 0 aliphatic heterocycles. The molecule has 0 radical (unpaired) electrons. The van der Waals surface area contributed by atoms with Crippen LogP contribution in [0.15, 0.2) is 12.4 Å². The van der Waals surface area contributed by atoms with Crippen LogP contribution < -0.4 is 5.32 Å². The lowest BCUT2D eigenvalue weighted by Gasteiger charge is -2.15. The van der Waals surface area contributed by atoms with E-state index in [4.69, 9.17) is 0 Å². The molecule has 1 aromatic heterocycles. The van der Waals surface area contributed by atoms with Crippen LogP contribution in [0, 0.1) is 9.49 Å². The summed E-state index contributed by atoms with van der Waals surface area (Å²) >= 11 is 2.20. The fraction of sp³-hybridized carbons (Fsp3) is 0.600. The zero-order valence-corrected chi connectivity index (χ0v) is 10.9. The van der Waals surface area contributed by atoms with Gasteiger partial charge in [-0.1, -0.05) is 13.8 Å². The Balaban J connectivity index is 2.47. The lowest BCUT2D eigenvalue weighted by molar-refractivity contribution is 0.537. The third-order valence-electron chi connectivity index (χ3n) is 1.82. The quantitative estimate of drug-likeness (QED) is 0.869. The van der Waals surface area contributed by atoms with Gasteiger partial charge in [-0.25, -0.2) is 9.97 Å². The molecular formula is C10H16IN3. The molecule has 78 valence electrons. The minimum atomic E-state index is 0.426. The van der Waals surface area contributed by atoms with Crippen LogP contribution in [-0.2, 0) is 0 Å². The van der Waals surface area contributed by atoms with Gasteiger partial charge in [0.2, 0.25) is 5.95 Å². The first-order valence-corrected chi connectivity index (χ1v) is 5.90. The molecule has 1 N–H and O–H groups in total. The van der Waals surface area contributed by atoms with E-state index in [1.165, 1.54) is 0 Å². The maximum atomic E-state index is 4.20. The minimum Gasteiger partial charge on any atom is -0.352 e. The van der Waals surface area contributed by atoms with E-state index in [1.807, 2.05) is 12.4 Å². The average Bonchev–Trinajstić information content (AvgIpc) is 2.07. The smallest absolute Gasteiger partial charge is 0.222 e. The zero-order valence-electron chi connectivity index (χ0n) is 8.79. The summed E-state index contributed by atoms with van der Waals surface area (Å²) < 4.78 is 1.06. The Morgan fingerprint density at radius 3 is 2.36 bits per heavy atom. The summed E-state index contributed by atoms with van der Waals surface area (Å²) in [6, 6.07) is 0.426. The topological polar surface area (TPSA) is 37.8 Å². The summed E-state index contributed by atoms with van der Waals surface area (Å²) in [4.78, 5) is 8.39. The maximum absolute atomic E-state index is 4.20. The molecule has 0 bridgehead atoms. The van der Waals surface area contributed by atoms with E-state index >= 15 is 0 Å². The standard InChI is InChI=1S/C10H16IN3/c1-7(2)4-8(3)14-10-12-5-9(11)6-13-10/h5-8H,4H2,1-3H3,(H,12,13,14). The summed E-state index contributed by atoms with van der Waals surface area (Å²) in [5.74, 6) is 1.42. The summed E-state index contributed by atoms with van der Waals surface area (Å²) in [6.07, 6.45) is 4.77. The first kappa shape index (κ1) is 11.7. The number of hydrogen-bond donors (Lipinski definition) is 1. The Morgan fingerprint density at radius 1 is 1.29 bits per heavy atom. The van der Waals surface area contributed by atoms with Crippen LogP contribution >= 0.6 is 22.6 Å². The molecule has 1 aromatic rings. The van der Waals surface area contributed by atoms with Crippen molar-refractivity contribution in [2.24, 2.45) is 5.92 Å². The molecular weight excluding hydrogens is 289 g/mol. The molecule has 0 saturated carbocycles. The molecule has 0 fully saturated rings. The van der Waals surface area contributed by atoms with E-state index in [0.717, 1.165) is 15.9 Å². The van der Waals surface area contributed by atoms with Crippen molar-refractivity contribution in [3.05, 3.63) is 16.0 Å². The van der Waals surface area contributed by atoms with Crippen LogP contribution in [0.2, 0.25) is 0 Å². The van der Waals surface area contributed by atoms with Crippen LogP contribution in [0.3, 0.4) is 0 Å². The van der Waals surface area contributed by atoms with Gasteiger partial charge in [0.25, 0.3) is 0 Å². The van der Waals surface area contributed by atoms with Gasteiger partial charge >= 0.3 is 0 Å². The highest BCUT2D eigenvalue weighted by Gasteiger charge is 2.05. The van der Waals surface area contributed by atoms with Crippen LogP contribution in [0.25, 0.3) is 0 Å². The van der Waals surface area contributed by atoms with Gasteiger partial charge in [0.15, 0.2) is 0 Å². The molecule has 1 atom stereocenters. The van der Waals surface area contributed by atoms with Gasteiger partial charge in [0, 0.05) is 22.0 Å². The molecule has 0 amide bonds.